The van der Waals surface area contributed by atoms with Gasteiger partial charge in [0.2, 0.25) is 0 Å². The van der Waals surface area contributed by atoms with Gasteiger partial charge < -0.3 is 8.97 Å². The van der Waals surface area contributed by atoms with Crippen molar-refractivity contribution < 1.29 is 8.97 Å². The fourth-order valence-electron chi connectivity index (χ4n) is 1.29. The predicted octanol–water partition coefficient (Wildman–Crippen LogP) is 3.09. The van der Waals surface area contributed by atoms with Crippen molar-refractivity contribution in [1.29, 1.82) is 0 Å². The third-order valence-corrected chi connectivity index (χ3v) is 3.93. The lowest BCUT2D eigenvalue weighted by atomic mass is 10.2. The van der Waals surface area contributed by atoms with Crippen LogP contribution in [-0.4, -0.2) is 9.30 Å². The molecule has 1 rings (SSSR count). The number of hydrogen-bond donors (Lipinski definition) is 1. The fraction of sp³-hybridized carbons (Fsp3) is 0.667. The number of hydrogen-bond acceptors (Lipinski definition) is 3. The second-order valence-electron chi connectivity index (χ2n) is 4.91. The van der Waals surface area contributed by atoms with Crippen LogP contribution in [0.15, 0.2) is 16.5 Å². The highest BCUT2D eigenvalue weighted by Gasteiger charge is 2.30. The first-order valence-electron chi connectivity index (χ1n) is 5.59. The van der Waals surface area contributed by atoms with E-state index >= 15 is 0 Å². The second kappa shape index (κ2) is 5.25. The lowest BCUT2D eigenvalue weighted by Crippen LogP contribution is -2.41. The van der Waals surface area contributed by atoms with Gasteiger partial charge in [-0.1, -0.05) is 6.92 Å². The monoisotopic (exact) mass is 243 g/mol. The fourth-order valence-corrected chi connectivity index (χ4v) is 2.18. The van der Waals surface area contributed by atoms with E-state index < -0.39 is 11.4 Å². The van der Waals surface area contributed by atoms with Gasteiger partial charge in [0, 0.05) is 11.4 Å². The summed E-state index contributed by atoms with van der Waals surface area (Å²) in [6.07, 6.45) is 0.856. The molecule has 92 valence electrons. The topological polar surface area (TPSA) is 48.2 Å². The molecule has 0 fully saturated rings. The summed E-state index contributed by atoms with van der Waals surface area (Å²) in [5.74, 6) is 1.74. The molecule has 0 aliphatic rings. The summed E-state index contributed by atoms with van der Waals surface area (Å²) in [5, 5.41) is 0. The summed E-state index contributed by atoms with van der Waals surface area (Å²) in [4.78, 5) is 0. The van der Waals surface area contributed by atoms with Crippen LogP contribution < -0.4 is 4.72 Å². The smallest absolute Gasteiger partial charge is 0.136 e. The zero-order chi connectivity index (χ0) is 12.3. The van der Waals surface area contributed by atoms with Gasteiger partial charge in [-0.25, -0.2) is 0 Å². The van der Waals surface area contributed by atoms with Crippen LogP contribution in [0, 0.1) is 6.92 Å². The van der Waals surface area contributed by atoms with Gasteiger partial charge in [0.25, 0.3) is 0 Å². The first-order valence-corrected chi connectivity index (χ1v) is 6.74. The molecule has 1 unspecified atom stereocenters. The van der Waals surface area contributed by atoms with Gasteiger partial charge in [0.05, 0.1) is 0 Å². The highest BCUT2D eigenvalue weighted by Crippen LogP contribution is 2.23. The Balaban J connectivity index is 2.70. The summed E-state index contributed by atoms with van der Waals surface area (Å²) in [5.41, 5.74) is 0. The van der Waals surface area contributed by atoms with Gasteiger partial charge in [-0.05, 0) is 46.2 Å². The van der Waals surface area contributed by atoms with E-state index in [1.807, 2.05) is 39.8 Å². The summed E-state index contributed by atoms with van der Waals surface area (Å²) >= 11 is -1.07. The number of rotatable bonds is 4. The Morgan fingerprint density at radius 1 is 1.44 bits per heavy atom. The largest absolute Gasteiger partial charge is 0.598 e. The maximum atomic E-state index is 12.0. The molecule has 0 spiro atoms. The van der Waals surface area contributed by atoms with Crippen LogP contribution >= 0.6 is 0 Å². The molecule has 4 heteroatoms. The van der Waals surface area contributed by atoms with Crippen molar-refractivity contribution in [3.8, 4) is 0 Å². The Bertz CT molecular complexity index is 330. The standard InChI is InChI=1S/C12H21NO2S/c1-6-10(11-8-7-9(2)15-11)13-16(14)12(3,4)5/h7-8,10,13H,6H2,1-5H3/t10-,16?/m1/s1. The maximum Gasteiger partial charge on any atom is 0.136 e. The minimum atomic E-state index is -1.07. The predicted molar refractivity (Wildman–Crippen MR) is 67.5 cm³/mol. The Morgan fingerprint density at radius 3 is 2.44 bits per heavy atom. The average molecular weight is 243 g/mol. The number of nitrogens with one attached hydrogen (secondary N) is 1. The van der Waals surface area contributed by atoms with Gasteiger partial charge in [-0.15, -0.1) is 4.72 Å². The van der Waals surface area contributed by atoms with Crippen molar-refractivity contribution in [3.05, 3.63) is 23.7 Å². The lowest BCUT2D eigenvalue weighted by molar-refractivity contribution is 0.418. The van der Waals surface area contributed by atoms with Gasteiger partial charge in [0.1, 0.15) is 22.3 Å². The molecule has 1 N–H and O–H groups in total. The maximum absolute atomic E-state index is 12.0. The van der Waals surface area contributed by atoms with Crippen molar-refractivity contribution in [2.45, 2.75) is 51.8 Å². The molecule has 0 aliphatic heterocycles. The van der Waals surface area contributed by atoms with Gasteiger partial charge in [0.15, 0.2) is 0 Å². The van der Waals surface area contributed by atoms with Gasteiger partial charge >= 0.3 is 0 Å². The molecule has 0 saturated carbocycles. The van der Waals surface area contributed by atoms with Crippen LogP contribution in [-0.2, 0) is 11.4 Å². The Labute approximate surface area is 101 Å². The quantitative estimate of drug-likeness (QED) is 0.827. The Kier molecular flexibility index (Phi) is 4.47. The van der Waals surface area contributed by atoms with Gasteiger partial charge in [-0.3, -0.25) is 0 Å². The molecule has 0 bridgehead atoms. The minimum Gasteiger partial charge on any atom is -0.598 e. The van der Waals surface area contributed by atoms with E-state index in [4.69, 9.17) is 4.42 Å². The highest BCUT2D eigenvalue weighted by atomic mass is 32.2. The van der Waals surface area contributed by atoms with E-state index in [2.05, 4.69) is 11.6 Å². The molecular weight excluding hydrogens is 222 g/mol. The first-order chi connectivity index (χ1) is 7.34. The third kappa shape index (κ3) is 3.54. The Hall–Kier alpha value is -0.450. The molecule has 1 heterocycles. The molecule has 3 nitrogen and oxygen atoms in total. The number of furan rings is 1. The average Bonchev–Trinajstić information content (AvgIpc) is 2.59. The Morgan fingerprint density at radius 2 is 2.06 bits per heavy atom. The van der Waals surface area contributed by atoms with Crippen LogP contribution in [0.4, 0.5) is 0 Å². The lowest BCUT2D eigenvalue weighted by Gasteiger charge is -2.26. The van der Waals surface area contributed by atoms with E-state index in [1.54, 1.807) is 0 Å². The second-order valence-corrected chi connectivity index (χ2v) is 6.91. The summed E-state index contributed by atoms with van der Waals surface area (Å²) in [6.45, 7) is 9.83. The van der Waals surface area contributed by atoms with Crippen molar-refractivity contribution in [2.75, 3.05) is 0 Å². The van der Waals surface area contributed by atoms with Crippen LogP contribution in [0.1, 0.15) is 51.7 Å². The molecule has 0 aliphatic carbocycles. The van der Waals surface area contributed by atoms with Crippen LogP contribution in [0.2, 0.25) is 0 Å². The normalized spacial score (nSPS) is 16.1. The summed E-state index contributed by atoms with van der Waals surface area (Å²) in [6, 6.07) is 3.89. The van der Waals surface area contributed by atoms with E-state index in [-0.39, 0.29) is 10.8 Å². The SMILES string of the molecule is CC[C@@H](N[S+]([O-])C(C)(C)C)c1ccc(C)o1. The van der Waals surface area contributed by atoms with Crippen LogP contribution in [0.25, 0.3) is 0 Å². The minimum absolute atomic E-state index is 0.0220. The number of aryl methyl sites for hydroxylation is 1. The van der Waals surface area contributed by atoms with Gasteiger partial charge in [-0.2, -0.15) is 0 Å². The summed E-state index contributed by atoms with van der Waals surface area (Å²) in [7, 11) is 0. The third-order valence-electron chi connectivity index (χ3n) is 2.32. The van der Waals surface area contributed by atoms with E-state index in [0.717, 1.165) is 17.9 Å². The van der Waals surface area contributed by atoms with Crippen molar-refractivity contribution in [2.24, 2.45) is 0 Å². The molecule has 1 aromatic heterocycles. The molecule has 2 atom stereocenters. The summed E-state index contributed by atoms with van der Waals surface area (Å²) < 4.78 is 20.4. The highest BCUT2D eigenvalue weighted by molar-refractivity contribution is 7.90. The van der Waals surface area contributed by atoms with E-state index in [9.17, 15) is 4.55 Å². The molecule has 0 aromatic carbocycles. The zero-order valence-electron chi connectivity index (χ0n) is 10.7. The molecule has 0 radical (unpaired) electrons. The zero-order valence-corrected chi connectivity index (χ0v) is 11.5. The molecular formula is C12H21NO2S. The molecule has 0 amide bonds. The molecule has 1 aromatic rings. The van der Waals surface area contributed by atoms with Crippen molar-refractivity contribution in [1.82, 2.24) is 4.72 Å². The van der Waals surface area contributed by atoms with Crippen LogP contribution in [0.5, 0.6) is 0 Å². The van der Waals surface area contributed by atoms with E-state index in [1.165, 1.54) is 0 Å². The molecule has 0 saturated heterocycles. The molecule has 16 heavy (non-hydrogen) atoms. The van der Waals surface area contributed by atoms with Crippen LogP contribution in [0.3, 0.4) is 0 Å². The first kappa shape index (κ1) is 13.6. The van der Waals surface area contributed by atoms with Crippen molar-refractivity contribution >= 4 is 11.4 Å². The van der Waals surface area contributed by atoms with E-state index in [0.29, 0.717) is 0 Å². The van der Waals surface area contributed by atoms with Crippen molar-refractivity contribution in [3.63, 3.8) is 0 Å².